The molecule has 8 nitrogen and oxygen atoms in total. The Hall–Kier alpha value is -2.43. The third-order valence-corrected chi connectivity index (χ3v) is 7.82. The van der Waals surface area contributed by atoms with Crippen molar-refractivity contribution in [3.05, 3.63) is 52.7 Å². The zero-order valence-electron chi connectivity index (χ0n) is 17.9. The van der Waals surface area contributed by atoms with Crippen LogP contribution in [0.3, 0.4) is 0 Å². The average molecular weight is 448 g/mol. The van der Waals surface area contributed by atoms with Crippen molar-refractivity contribution in [1.82, 2.24) is 18.6 Å². The fraction of sp³-hybridized carbons (Fsp3) is 0.476. The van der Waals surface area contributed by atoms with Crippen molar-refractivity contribution in [3.8, 4) is 0 Å². The number of carbonyl (C=O) groups excluding carboxylic acids is 1. The highest BCUT2D eigenvalue weighted by Gasteiger charge is 2.36. The Balaban J connectivity index is 1.64. The Morgan fingerprint density at radius 2 is 1.87 bits per heavy atom. The monoisotopic (exact) mass is 447 g/mol. The normalized spacial score (nSPS) is 19.8. The molecule has 31 heavy (non-hydrogen) atoms. The lowest BCUT2D eigenvalue weighted by Gasteiger charge is -2.30. The van der Waals surface area contributed by atoms with Gasteiger partial charge in [0.15, 0.2) is 0 Å². The highest BCUT2D eigenvalue weighted by Crippen LogP contribution is 2.33. The number of fused-ring (bicyclic) bond motifs is 1. The largest absolute Gasteiger partial charge is 0.292 e. The number of nitrogens with zero attached hydrogens (tertiary/aromatic N) is 5. The van der Waals surface area contributed by atoms with E-state index in [1.807, 2.05) is 6.92 Å². The van der Waals surface area contributed by atoms with Gasteiger partial charge in [0.1, 0.15) is 17.5 Å². The molecule has 1 atom stereocenters. The van der Waals surface area contributed by atoms with Crippen LogP contribution in [0.15, 0.2) is 24.3 Å². The number of hydrogen-bond acceptors (Lipinski definition) is 5. The van der Waals surface area contributed by atoms with Gasteiger partial charge in [0.2, 0.25) is 5.91 Å². The van der Waals surface area contributed by atoms with Crippen molar-refractivity contribution in [2.75, 3.05) is 32.1 Å². The minimum absolute atomic E-state index is 0.0379. The molecular formula is C21H26FN5O3S. The standard InChI is InChI=1S/C21H26FN5O3S/c1-14-18-8-9-19(28)27(12-15-4-6-17(22)7-5-15)21(18)24-20(23-14)16-10-11-26(13-16)31(29,30)25(2)3/h4-7,16H,8-13H2,1-3H3. The Kier molecular flexibility index (Phi) is 5.80. The van der Waals surface area contributed by atoms with E-state index in [2.05, 4.69) is 4.98 Å². The lowest BCUT2D eigenvalue weighted by atomic mass is 10.0. The molecule has 1 unspecified atom stereocenters. The summed E-state index contributed by atoms with van der Waals surface area (Å²) in [7, 11) is -0.463. The summed E-state index contributed by atoms with van der Waals surface area (Å²) in [6.07, 6.45) is 1.57. The fourth-order valence-corrected chi connectivity index (χ4v) is 5.27. The lowest BCUT2D eigenvalue weighted by molar-refractivity contribution is -0.119. The van der Waals surface area contributed by atoms with Crippen LogP contribution in [0.25, 0.3) is 0 Å². The van der Waals surface area contributed by atoms with Gasteiger partial charge in [-0.3, -0.25) is 9.69 Å². The molecule has 2 aliphatic heterocycles. The van der Waals surface area contributed by atoms with Gasteiger partial charge in [0.05, 0.1) is 6.54 Å². The molecule has 1 saturated heterocycles. The second-order valence-corrected chi connectivity index (χ2v) is 10.4. The van der Waals surface area contributed by atoms with Crippen LogP contribution in [0, 0.1) is 12.7 Å². The molecule has 4 rings (SSSR count). The molecule has 3 heterocycles. The molecule has 0 spiro atoms. The second-order valence-electron chi connectivity index (χ2n) is 8.21. The maximum absolute atomic E-state index is 13.3. The lowest BCUT2D eigenvalue weighted by Crippen LogP contribution is -2.38. The molecule has 0 saturated carbocycles. The summed E-state index contributed by atoms with van der Waals surface area (Å²) in [6, 6.07) is 6.07. The van der Waals surface area contributed by atoms with Crippen molar-refractivity contribution < 1.29 is 17.6 Å². The van der Waals surface area contributed by atoms with Crippen molar-refractivity contribution in [1.29, 1.82) is 0 Å². The number of rotatable bonds is 5. The number of hydrogen-bond donors (Lipinski definition) is 0. The summed E-state index contributed by atoms with van der Waals surface area (Å²) < 4.78 is 40.8. The minimum atomic E-state index is -3.49. The van der Waals surface area contributed by atoms with E-state index in [1.165, 1.54) is 34.8 Å². The zero-order valence-corrected chi connectivity index (χ0v) is 18.7. The number of amides is 1. The van der Waals surface area contributed by atoms with Gasteiger partial charge in [-0.1, -0.05) is 12.1 Å². The Morgan fingerprint density at radius 3 is 2.55 bits per heavy atom. The number of halogens is 1. The predicted molar refractivity (Wildman–Crippen MR) is 114 cm³/mol. The van der Waals surface area contributed by atoms with Crippen LogP contribution in [-0.4, -0.2) is 60.1 Å². The number of aromatic nitrogens is 2. The Morgan fingerprint density at radius 1 is 1.16 bits per heavy atom. The van der Waals surface area contributed by atoms with Crippen LogP contribution in [0.2, 0.25) is 0 Å². The minimum Gasteiger partial charge on any atom is -0.292 e. The molecule has 0 aliphatic carbocycles. The highest BCUT2D eigenvalue weighted by atomic mass is 32.2. The van der Waals surface area contributed by atoms with Gasteiger partial charge < -0.3 is 0 Å². The molecule has 1 aromatic heterocycles. The third kappa shape index (κ3) is 4.19. The quantitative estimate of drug-likeness (QED) is 0.700. The molecule has 1 fully saturated rings. The number of benzene rings is 1. The first-order chi connectivity index (χ1) is 14.7. The molecule has 2 aromatic rings. The topological polar surface area (TPSA) is 86.7 Å². The summed E-state index contributed by atoms with van der Waals surface area (Å²) in [5.74, 6) is 0.643. The van der Waals surface area contributed by atoms with Gasteiger partial charge >= 0.3 is 0 Å². The summed E-state index contributed by atoms with van der Waals surface area (Å²) >= 11 is 0. The maximum Gasteiger partial charge on any atom is 0.281 e. The van der Waals surface area contributed by atoms with Gasteiger partial charge in [0.25, 0.3) is 10.2 Å². The van der Waals surface area contributed by atoms with E-state index in [-0.39, 0.29) is 17.6 Å². The van der Waals surface area contributed by atoms with Gasteiger partial charge in [-0.05, 0) is 37.5 Å². The molecule has 10 heteroatoms. The number of carbonyl (C=O) groups is 1. The molecule has 1 amide bonds. The fourth-order valence-electron chi connectivity index (χ4n) is 4.10. The summed E-state index contributed by atoms with van der Waals surface area (Å²) in [5.41, 5.74) is 2.55. The van der Waals surface area contributed by atoms with E-state index in [4.69, 9.17) is 4.98 Å². The molecule has 2 aliphatic rings. The first-order valence-corrected chi connectivity index (χ1v) is 11.7. The van der Waals surface area contributed by atoms with Crippen LogP contribution in [-0.2, 0) is 28.0 Å². The van der Waals surface area contributed by atoms with Crippen LogP contribution < -0.4 is 4.90 Å². The first-order valence-electron chi connectivity index (χ1n) is 10.3. The van der Waals surface area contributed by atoms with E-state index in [0.29, 0.717) is 50.5 Å². The van der Waals surface area contributed by atoms with Crippen LogP contribution in [0.1, 0.15) is 41.4 Å². The SMILES string of the molecule is Cc1nc(C2CCN(S(=O)(=O)N(C)C)C2)nc2c1CCC(=O)N2Cc1ccc(F)cc1. The summed E-state index contributed by atoms with van der Waals surface area (Å²) in [6.45, 7) is 2.92. The van der Waals surface area contributed by atoms with Crippen molar-refractivity contribution in [3.63, 3.8) is 0 Å². The van der Waals surface area contributed by atoms with Crippen LogP contribution in [0.5, 0.6) is 0 Å². The van der Waals surface area contributed by atoms with Gasteiger partial charge in [-0.25, -0.2) is 14.4 Å². The summed E-state index contributed by atoms with van der Waals surface area (Å²) in [4.78, 5) is 23.8. The zero-order chi connectivity index (χ0) is 22.3. The van der Waals surface area contributed by atoms with Crippen LogP contribution in [0.4, 0.5) is 10.2 Å². The molecule has 0 N–H and O–H groups in total. The van der Waals surface area contributed by atoms with Crippen LogP contribution >= 0.6 is 0 Å². The van der Waals surface area contributed by atoms with Gasteiger partial charge in [0, 0.05) is 50.8 Å². The first kappa shape index (κ1) is 21.8. The summed E-state index contributed by atoms with van der Waals surface area (Å²) in [5, 5.41) is 0. The van der Waals surface area contributed by atoms with E-state index in [0.717, 1.165) is 16.8 Å². The number of anilines is 1. The predicted octanol–water partition coefficient (Wildman–Crippen LogP) is 2.00. The molecule has 0 radical (unpaired) electrons. The van der Waals surface area contributed by atoms with Crippen molar-refractivity contribution in [2.24, 2.45) is 0 Å². The molecule has 1 aromatic carbocycles. The Bertz CT molecular complexity index is 1100. The van der Waals surface area contributed by atoms with E-state index < -0.39 is 10.2 Å². The van der Waals surface area contributed by atoms with Gasteiger partial charge in [-0.15, -0.1) is 0 Å². The highest BCUT2D eigenvalue weighted by molar-refractivity contribution is 7.86. The van der Waals surface area contributed by atoms with Crippen molar-refractivity contribution >= 4 is 21.9 Å². The Labute approximate surface area is 181 Å². The van der Waals surface area contributed by atoms with E-state index in [1.54, 1.807) is 17.0 Å². The molecule has 0 bridgehead atoms. The number of aryl methyl sites for hydroxylation is 1. The van der Waals surface area contributed by atoms with E-state index in [9.17, 15) is 17.6 Å². The maximum atomic E-state index is 13.3. The van der Waals surface area contributed by atoms with Crippen molar-refractivity contribution in [2.45, 2.75) is 38.6 Å². The van der Waals surface area contributed by atoms with E-state index >= 15 is 0 Å². The van der Waals surface area contributed by atoms with Gasteiger partial charge in [-0.2, -0.15) is 17.0 Å². The smallest absolute Gasteiger partial charge is 0.281 e. The molecular weight excluding hydrogens is 421 g/mol. The second kappa shape index (κ2) is 8.25. The molecule has 166 valence electrons. The average Bonchev–Trinajstić information content (AvgIpc) is 3.22. The third-order valence-electron chi connectivity index (χ3n) is 5.91.